The first-order valence-electron chi connectivity index (χ1n) is 10.5. The van der Waals surface area contributed by atoms with Crippen molar-refractivity contribution >= 4 is 21.5 Å². The Kier molecular flexibility index (Phi) is 5.90. The molecule has 1 unspecified atom stereocenters. The first kappa shape index (κ1) is 21.0. The highest BCUT2D eigenvalue weighted by Gasteiger charge is 2.33. The molecule has 30 heavy (non-hydrogen) atoms. The molecule has 2 heterocycles. The Morgan fingerprint density at radius 1 is 1.30 bits per heavy atom. The van der Waals surface area contributed by atoms with E-state index in [2.05, 4.69) is 20.6 Å². The molecule has 7 nitrogen and oxygen atoms in total. The van der Waals surface area contributed by atoms with E-state index in [0.29, 0.717) is 28.7 Å². The molecular formula is C22H29N5O2S. The van der Waals surface area contributed by atoms with Crippen molar-refractivity contribution < 1.29 is 9.00 Å². The van der Waals surface area contributed by atoms with E-state index in [1.165, 1.54) is 0 Å². The number of rotatable bonds is 5. The molecule has 1 aliphatic heterocycles. The topological polar surface area (TPSA) is 101 Å². The molecule has 1 saturated carbocycles. The van der Waals surface area contributed by atoms with Crippen molar-refractivity contribution in [2.45, 2.75) is 43.0 Å². The van der Waals surface area contributed by atoms with Crippen LogP contribution in [0.5, 0.6) is 0 Å². The molecule has 1 atom stereocenters. The highest BCUT2D eigenvalue weighted by Crippen LogP contribution is 2.30. The van der Waals surface area contributed by atoms with Crippen LogP contribution in [0, 0.1) is 5.92 Å². The van der Waals surface area contributed by atoms with E-state index in [-0.39, 0.29) is 11.9 Å². The highest BCUT2D eigenvalue weighted by atomic mass is 32.2. The lowest BCUT2D eigenvalue weighted by molar-refractivity contribution is 0.0589. The maximum Gasteiger partial charge on any atom is 0.257 e. The van der Waals surface area contributed by atoms with Crippen molar-refractivity contribution in [1.82, 2.24) is 19.6 Å². The number of aromatic nitrogens is 2. The van der Waals surface area contributed by atoms with Gasteiger partial charge >= 0.3 is 0 Å². The first-order valence-corrected chi connectivity index (χ1v) is 12.2. The van der Waals surface area contributed by atoms with Crippen LogP contribution in [0.4, 0.5) is 0 Å². The number of carbonyl (C=O) groups excluding carboxylic acids is 1. The zero-order valence-corrected chi connectivity index (χ0v) is 18.2. The highest BCUT2D eigenvalue weighted by molar-refractivity contribution is 7.98. The second-order valence-electron chi connectivity index (χ2n) is 8.12. The van der Waals surface area contributed by atoms with Crippen LogP contribution in [-0.2, 0) is 16.1 Å². The monoisotopic (exact) mass is 427 g/mol. The van der Waals surface area contributed by atoms with Crippen LogP contribution in [0.3, 0.4) is 0 Å². The third kappa shape index (κ3) is 3.99. The summed E-state index contributed by atoms with van der Waals surface area (Å²) in [4.78, 5) is 24.8. The SMILES string of the molecule is C=S(=O)(NC)c1cccc(-c2ncc3c(n2)CCN([C@H]2CC[C@@H](CN)CC2)C3=O)c1. The predicted octanol–water partition coefficient (Wildman–Crippen LogP) is 1.87. The van der Waals surface area contributed by atoms with Gasteiger partial charge in [-0.2, -0.15) is 0 Å². The lowest BCUT2D eigenvalue weighted by Crippen LogP contribution is -2.46. The molecule has 1 aromatic carbocycles. The van der Waals surface area contributed by atoms with E-state index in [0.717, 1.165) is 49.9 Å². The lowest BCUT2D eigenvalue weighted by atomic mass is 9.84. The summed E-state index contributed by atoms with van der Waals surface area (Å²) in [6.07, 6.45) is 6.58. The summed E-state index contributed by atoms with van der Waals surface area (Å²) in [5.74, 6) is 4.91. The summed E-state index contributed by atoms with van der Waals surface area (Å²) >= 11 is 0. The normalized spacial score (nSPS) is 23.7. The van der Waals surface area contributed by atoms with E-state index < -0.39 is 9.71 Å². The van der Waals surface area contributed by atoms with Gasteiger partial charge in [-0.3, -0.25) is 4.79 Å². The molecule has 0 spiro atoms. The van der Waals surface area contributed by atoms with Gasteiger partial charge in [0.05, 0.1) is 21.0 Å². The molecule has 1 amide bonds. The summed E-state index contributed by atoms with van der Waals surface area (Å²) in [5, 5.41) is 0. The van der Waals surface area contributed by atoms with Gasteiger partial charge in [0.1, 0.15) is 0 Å². The second-order valence-corrected chi connectivity index (χ2v) is 10.4. The Morgan fingerprint density at radius 3 is 2.77 bits per heavy atom. The molecule has 1 aromatic heterocycles. The number of fused-ring (bicyclic) bond motifs is 1. The molecule has 160 valence electrons. The Bertz CT molecular complexity index is 1050. The van der Waals surface area contributed by atoms with Gasteiger partial charge in [-0.15, -0.1) is 0 Å². The van der Waals surface area contributed by atoms with Crippen molar-refractivity contribution in [1.29, 1.82) is 0 Å². The predicted molar refractivity (Wildman–Crippen MR) is 120 cm³/mol. The average Bonchev–Trinajstić information content (AvgIpc) is 2.79. The molecular weight excluding hydrogens is 398 g/mol. The van der Waals surface area contributed by atoms with Gasteiger partial charge in [0.2, 0.25) is 0 Å². The Hall–Kier alpha value is -2.29. The van der Waals surface area contributed by atoms with Gasteiger partial charge in [-0.25, -0.2) is 18.9 Å². The van der Waals surface area contributed by atoms with Crippen LogP contribution in [0.15, 0.2) is 35.4 Å². The smallest absolute Gasteiger partial charge is 0.257 e. The molecule has 1 aliphatic carbocycles. The first-order chi connectivity index (χ1) is 14.4. The number of nitrogens with zero attached hydrogens (tertiary/aromatic N) is 3. The van der Waals surface area contributed by atoms with Gasteiger partial charge in [-0.05, 0) is 63.2 Å². The minimum absolute atomic E-state index is 0.0312. The molecule has 0 saturated heterocycles. The fourth-order valence-electron chi connectivity index (χ4n) is 4.41. The van der Waals surface area contributed by atoms with E-state index in [9.17, 15) is 9.00 Å². The van der Waals surface area contributed by atoms with Gasteiger partial charge < -0.3 is 10.6 Å². The van der Waals surface area contributed by atoms with Gasteiger partial charge in [0.15, 0.2) is 5.82 Å². The van der Waals surface area contributed by atoms with Crippen molar-refractivity contribution in [3.05, 3.63) is 41.7 Å². The Morgan fingerprint density at radius 2 is 2.07 bits per heavy atom. The lowest BCUT2D eigenvalue weighted by Gasteiger charge is -2.38. The number of nitrogens with one attached hydrogen (secondary N) is 1. The number of benzene rings is 1. The number of amides is 1. The zero-order valence-electron chi connectivity index (χ0n) is 17.3. The number of hydrogen-bond donors (Lipinski definition) is 2. The summed E-state index contributed by atoms with van der Waals surface area (Å²) in [5.41, 5.74) is 7.94. The quantitative estimate of drug-likeness (QED) is 0.710. The Labute approximate surface area is 178 Å². The summed E-state index contributed by atoms with van der Waals surface area (Å²) in [6.45, 7) is 1.42. The Balaban J connectivity index is 1.56. The minimum atomic E-state index is -2.55. The third-order valence-electron chi connectivity index (χ3n) is 6.34. The molecule has 1 fully saturated rings. The van der Waals surface area contributed by atoms with Crippen LogP contribution in [0.2, 0.25) is 0 Å². The summed E-state index contributed by atoms with van der Waals surface area (Å²) < 4.78 is 15.3. The molecule has 3 N–H and O–H groups in total. The molecule has 8 heteroatoms. The summed E-state index contributed by atoms with van der Waals surface area (Å²) in [7, 11) is -0.932. The van der Waals surface area contributed by atoms with Crippen molar-refractivity contribution in [2.75, 3.05) is 20.1 Å². The summed E-state index contributed by atoms with van der Waals surface area (Å²) in [6, 6.07) is 7.55. The molecule has 2 aromatic rings. The molecule has 0 radical (unpaired) electrons. The van der Waals surface area contributed by atoms with Gasteiger partial charge in [0.25, 0.3) is 5.91 Å². The van der Waals surface area contributed by atoms with Crippen LogP contribution in [0.25, 0.3) is 11.4 Å². The fourth-order valence-corrected chi connectivity index (χ4v) is 5.26. The van der Waals surface area contributed by atoms with Crippen molar-refractivity contribution in [3.63, 3.8) is 0 Å². The van der Waals surface area contributed by atoms with E-state index in [4.69, 9.17) is 5.73 Å². The van der Waals surface area contributed by atoms with Crippen LogP contribution >= 0.6 is 0 Å². The number of nitrogens with two attached hydrogens (primary N) is 1. The van der Waals surface area contributed by atoms with Gasteiger partial charge in [0, 0.05) is 35.7 Å². The standard InChI is InChI=1S/C22H29N5O2S/c1-24-30(2,29)18-5-3-4-16(12-18)21-25-14-19-20(26-21)10-11-27(22(19)28)17-8-6-15(13-23)7-9-17/h3-5,12,14-15,17H,2,6-11,13,23H2,1H3,(H,24,29)/t15-,17+,30?. The maximum absolute atomic E-state index is 13.1. The molecule has 0 bridgehead atoms. The largest absolute Gasteiger partial charge is 0.335 e. The molecule has 2 aliphatic rings. The fraction of sp³-hybridized carbons (Fsp3) is 0.455. The van der Waals surface area contributed by atoms with Crippen molar-refractivity contribution in [2.24, 2.45) is 11.7 Å². The minimum Gasteiger partial charge on any atom is -0.335 e. The second kappa shape index (κ2) is 8.45. The number of hydrogen-bond acceptors (Lipinski definition) is 5. The van der Waals surface area contributed by atoms with Crippen LogP contribution in [-0.4, -0.2) is 57.0 Å². The van der Waals surface area contributed by atoms with E-state index in [1.54, 1.807) is 25.4 Å². The van der Waals surface area contributed by atoms with Crippen molar-refractivity contribution in [3.8, 4) is 11.4 Å². The average molecular weight is 428 g/mol. The number of carbonyl (C=O) groups is 1. The molecule has 4 rings (SSSR count). The third-order valence-corrected chi connectivity index (χ3v) is 8.02. The zero-order chi connectivity index (χ0) is 21.3. The van der Waals surface area contributed by atoms with Gasteiger partial charge in [-0.1, -0.05) is 12.1 Å². The maximum atomic E-state index is 13.1. The van der Waals surface area contributed by atoms with Crippen LogP contribution in [0.1, 0.15) is 41.7 Å². The van der Waals surface area contributed by atoms with E-state index in [1.807, 2.05) is 17.0 Å². The van der Waals surface area contributed by atoms with Crippen LogP contribution < -0.4 is 10.5 Å². The van der Waals surface area contributed by atoms with E-state index >= 15 is 0 Å².